The Labute approximate surface area is 257 Å². The average molecular weight is 647 g/mol. The third-order valence-corrected chi connectivity index (χ3v) is 11.9. The summed E-state index contributed by atoms with van der Waals surface area (Å²) in [5, 5.41) is 10.4. The average Bonchev–Trinajstić information content (AvgIpc) is 3.55. The number of rotatable bonds is 14. The zero-order valence-electron chi connectivity index (χ0n) is 24.5. The van der Waals surface area contributed by atoms with E-state index in [4.69, 9.17) is 0 Å². The number of aliphatic hydroxyl groups is 1. The van der Waals surface area contributed by atoms with E-state index < -0.39 is 28.7 Å². The summed E-state index contributed by atoms with van der Waals surface area (Å²) < 4.78 is -0.764. The van der Waals surface area contributed by atoms with Crippen molar-refractivity contribution in [3.8, 4) is 0 Å². The number of hydrogen-bond acceptors (Lipinski definition) is 5. The Kier molecular flexibility index (Phi) is 10.5. The van der Waals surface area contributed by atoms with Crippen molar-refractivity contribution >= 4 is 51.1 Å². The quantitative estimate of drug-likeness (QED) is 0.230. The van der Waals surface area contributed by atoms with Crippen LogP contribution in [-0.2, 0) is 14.4 Å². The summed E-state index contributed by atoms with van der Waals surface area (Å²) in [7, 11) is 0. The number of aliphatic hydroxyl groups excluding tert-OH is 1. The number of hydrogen-bond donors (Lipinski definition) is 1. The first-order valence-electron chi connectivity index (χ1n) is 14.8. The first kappa shape index (κ1) is 31.8. The maximum atomic E-state index is 14.6. The van der Waals surface area contributed by atoms with Crippen LogP contribution in [0.3, 0.4) is 0 Å². The predicted octanol–water partition coefficient (Wildman–Crippen LogP) is 4.89. The number of thioether (sulfide) groups is 1. The summed E-state index contributed by atoms with van der Waals surface area (Å²) in [6, 6.07) is 8.21. The number of unbranched alkanes of at least 4 members (excludes halogenated alkanes) is 1. The van der Waals surface area contributed by atoms with Gasteiger partial charge in [0.2, 0.25) is 17.7 Å². The van der Waals surface area contributed by atoms with E-state index in [2.05, 4.69) is 49.9 Å². The molecule has 3 aliphatic rings. The lowest BCUT2D eigenvalue weighted by Gasteiger charge is -2.40. The van der Waals surface area contributed by atoms with Gasteiger partial charge >= 0.3 is 0 Å². The highest BCUT2D eigenvalue weighted by atomic mass is 79.9. The summed E-state index contributed by atoms with van der Waals surface area (Å²) in [6.07, 6.45) is 6.39. The molecule has 7 atom stereocenters. The fourth-order valence-corrected chi connectivity index (χ4v) is 10.6. The molecule has 224 valence electrons. The fraction of sp³-hybridized carbons (Fsp3) is 0.594. The molecule has 3 saturated heterocycles. The van der Waals surface area contributed by atoms with Crippen molar-refractivity contribution in [2.75, 3.05) is 31.1 Å². The van der Waals surface area contributed by atoms with Crippen molar-refractivity contribution in [1.29, 1.82) is 0 Å². The number of carbonyl (C=O) groups excluding carboxylic acids is 3. The van der Waals surface area contributed by atoms with Gasteiger partial charge in [-0.2, -0.15) is 0 Å². The monoisotopic (exact) mass is 645 g/mol. The molecule has 0 aromatic heterocycles. The van der Waals surface area contributed by atoms with Gasteiger partial charge in [-0.3, -0.25) is 14.4 Å². The van der Waals surface area contributed by atoms with Crippen molar-refractivity contribution in [2.45, 2.75) is 73.4 Å². The van der Waals surface area contributed by atoms with E-state index in [1.54, 1.807) is 33.7 Å². The minimum atomic E-state index is -0.764. The summed E-state index contributed by atoms with van der Waals surface area (Å²) in [4.78, 5) is 48.8. The summed E-state index contributed by atoms with van der Waals surface area (Å²) >= 11 is 5.51. The molecule has 1 aromatic carbocycles. The van der Waals surface area contributed by atoms with E-state index in [0.29, 0.717) is 32.5 Å². The van der Waals surface area contributed by atoms with Gasteiger partial charge in [0.25, 0.3) is 0 Å². The van der Waals surface area contributed by atoms with Gasteiger partial charge in [0.1, 0.15) is 6.04 Å². The molecule has 3 unspecified atom stereocenters. The Balaban J connectivity index is 1.82. The molecule has 3 fully saturated rings. The Morgan fingerprint density at radius 2 is 1.88 bits per heavy atom. The van der Waals surface area contributed by atoms with Crippen LogP contribution in [0.4, 0.5) is 5.69 Å². The number of alkyl halides is 1. The molecule has 9 heteroatoms. The Bertz CT molecular complexity index is 1130. The number of halogens is 1. The van der Waals surface area contributed by atoms with Crippen LogP contribution in [0.25, 0.3) is 0 Å². The van der Waals surface area contributed by atoms with Crippen molar-refractivity contribution in [2.24, 2.45) is 17.8 Å². The molecule has 1 aromatic rings. The number of fused-ring (bicyclic) bond motifs is 1. The minimum Gasteiger partial charge on any atom is -0.394 e. The van der Waals surface area contributed by atoms with E-state index in [-0.39, 0.29) is 40.3 Å². The van der Waals surface area contributed by atoms with Crippen LogP contribution in [0.15, 0.2) is 55.6 Å². The smallest absolute Gasteiger partial charge is 0.247 e. The lowest BCUT2D eigenvalue weighted by atomic mass is 9.70. The summed E-state index contributed by atoms with van der Waals surface area (Å²) in [6.45, 7) is 15.0. The number of nitrogens with zero attached hydrogens (tertiary/aromatic N) is 3. The Morgan fingerprint density at radius 3 is 2.46 bits per heavy atom. The van der Waals surface area contributed by atoms with E-state index in [1.807, 2.05) is 35.2 Å². The largest absolute Gasteiger partial charge is 0.394 e. The number of likely N-dealkylation sites (tertiary alicyclic amines) is 1. The SMILES string of the molecule is C=CCN(CCCC)C(=O)C1N([C@@H](CO)CC(C)C)C(=O)[C@@H]2[C@@H](C(=O)N(CC=C)c3ccccc3)[C@@H]3SC12CC3Br. The van der Waals surface area contributed by atoms with Crippen molar-refractivity contribution in [3.05, 3.63) is 55.6 Å². The maximum Gasteiger partial charge on any atom is 0.247 e. The highest BCUT2D eigenvalue weighted by molar-refractivity contribution is 9.09. The van der Waals surface area contributed by atoms with Gasteiger partial charge < -0.3 is 19.8 Å². The first-order chi connectivity index (χ1) is 19.7. The van der Waals surface area contributed by atoms with Crippen molar-refractivity contribution in [3.63, 3.8) is 0 Å². The van der Waals surface area contributed by atoms with Crippen LogP contribution in [0.1, 0.15) is 46.5 Å². The van der Waals surface area contributed by atoms with Gasteiger partial charge in [-0.1, -0.05) is 73.5 Å². The van der Waals surface area contributed by atoms with Gasteiger partial charge in [0.15, 0.2) is 0 Å². The molecular formula is C32H44BrN3O4S. The lowest BCUT2D eigenvalue weighted by molar-refractivity contribution is -0.146. The highest BCUT2D eigenvalue weighted by Crippen LogP contribution is 2.68. The number of anilines is 1. The van der Waals surface area contributed by atoms with Crippen LogP contribution in [-0.4, -0.2) is 85.8 Å². The normalized spacial score (nSPS) is 29.0. The summed E-state index contributed by atoms with van der Waals surface area (Å²) in [5.41, 5.74) is 0.755. The van der Waals surface area contributed by atoms with Crippen LogP contribution in [0.5, 0.6) is 0 Å². The minimum absolute atomic E-state index is 0.0247. The molecule has 3 amide bonds. The third kappa shape index (κ3) is 5.78. The zero-order valence-corrected chi connectivity index (χ0v) is 26.9. The molecule has 0 aliphatic carbocycles. The van der Waals surface area contributed by atoms with E-state index in [1.165, 1.54) is 0 Å². The van der Waals surface area contributed by atoms with Crippen LogP contribution >= 0.6 is 27.7 Å². The third-order valence-electron chi connectivity index (χ3n) is 8.68. The first-order valence-corrected chi connectivity index (χ1v) is 16.6. The molecule has 3 aliphatic heterocycles. The fourth-order valence-electron chi connectivity index (χ4n) is 7.05. The lowest BCUT2D eigenvalue weighted by Crippen LogP contribution is -2.58. The topological polar surface area (TPSA) is 81.2 Å². The van der Waals surface area contributed by atoms with Gasteiger partial charge in [-0.15, -0.1) is 24.9 Å². The number of carbonyl (C=O) groups is 3. The van der Waals surface area contributed by atoms with Gasteiger partial charge in [-0.05, 0) is 37.3 Å². The second-order valence-electron chi connectivity index (χ2n) is 11.9. The van der Waals surface area contributed by atoms with Gasteiger partial charge in [0.05, 0.1) is 29.2 Å². The number of amides is 3. The molecule has 0 radical (unpaired) electrons. The van der Waals surface area contributed by atoms with E-state index in [9.17, 15) is 19.5 Å². The Morgan fingerprint density at radius 1 is 1.20 bits per heavy atom. The zero-order chi connectivity index (χ0) is 29.9. The van der Waals surface area contributed by atoms with Crippen molar-refractivity contribution < 1.29 is 19.5 Å². The standard InChI is InChI=1S/C32H44BrN3O4S/c1-6-9-17-34(15-7-2)31(40)28-32-19-24(33)27(41-32)25(26(32)30(39)36(28)23(20-37)18-21(4)5)29(38)35(16-8-3)22-13-11-10-12-14-22/h7-8,10-14,21,23-28,37H,2-3,6,9,15-20H2,1,4-5H3/t23-,24?,25-,26+,27-,28?,32?/m1/s1. The predicted molar refractivity (Wildman–Crippen MR) is 170 cm³/mol. The molecule has 1 N–H and O–H groups in total. The maximum absolute atomic E-state index is 14.6. The molecule has 2 bridgehead atoms. The molecule has 1 spiro atoms. The van der Waals surface area contributed by atoms with Crippen LogP contribution in [0.2, 0.25) is 0 Å². The van der Waals surface area contributed by atoms with E-state index in [0.717, 1.165) is 18.5 Å². The second kappa shape index (κ2) is 13.5. The van der Waals surface area contributed by atoms with Crippen LogP contribution in [0, 0.1) is 17.8 Å². The van der Waals surface area contributed by atoms with Crippen molar-refractivity contribution in [1.82, 2.24) is 9.80 Å². The second-order valence-corrected chi connectivity index (χ2v) is 14.6. The van der Waals surface area contributed by atoms with Gasteiger partial charge in [0, 0.05) is 35.4 Å². The molecule has 7 nitrogen and oxygen atoms in total. The Hall–Kier alpha value is -2.10. The molecule has 0 saturated carbocycles. The summed E-state index contributed by atoms with van der Waals surface area (Å²) in [5.74, 6) is -1.46. The van der Waals surface area contributed by atoms with E-state index >= 15 is 0 Å². The molecule has 41 heavy (non-hydrogen) atoms. The van der Waals surface area contributed by atoms with Gasteiger partial charge in [-0.25, -0.2) is 0 Å². The van der Waals surface area contributed by atoms with Crippen LogP contribution < -0.4 is 4.90 Å². The number of para-hydroxylation sites is 1. The highest BCUT2D eigenvalue weighted by Gasteiger charge is 2.76. The molecule has 3 heterocycles. The number of benzene rings is 1. The molecule has 4 rings (SSSR count). The molecular weight excluding hydrogens is 602 g/mol.